The zero-order valence-corrected chi connectivity index (χ0v) is 15.0. The number of hydrogen-bond acceptors (Lipinski definition) is 4. The van der Waals surface area contributed by atoms with Crippen LogP contribution >= 0.6 is 23.1 Å². The SMILES string of the molecule is CC(C)(C)OC(CSc1cccs1)CC(=O)C(C)(C)C. The second kappa shape index (κ2) is 7.10. The molecule has 0 aliphatic carbocycles. The van der Waals surface area contributed by atoms with Crippen LogP contribution in [-0.4, -0.2) is 23.2 Å². The molecule has 1 aromatic rings. The van der Waals surface area contributed by atoms with E-state index in [0.717, 1.165) is 5.75 Å². The number of carbonyl (C=O) groups excluding carboxylic acids is 1. The van der Waals surface area contributed by atoms with Crippen LogP contribution in [0.1, 0.15) is 48.0 Å². The number of thiophene rings is 1. The van der Waals surface area contributed by atoms with Crippen molar-refractivity contribution in [2.45, 2.75) is 63.9 Å². The standard InChI is InChI=1S/C16H26O2S2/c1-15(2,3)13(17)10-12(18-16(4,5)6)11-20-14-8-7-9-19-14/h7-9,12H,10-11H2,1-6H3. The minimum Gasteiger partial charge on any atom is -0.371 e. The molecule has 0 saturated heterocycles. The molecule has 1 atom stereocenters. The first kappa shape index (κ1) is 17.7. The number of thioether (sulfide) groups is 1. The van der Waals surface area contributed by atoms with Gasteiger partial charge in [-0.2, -0.15) is 0 Å². The molecule has 4 heteroatoms. The highest BCUT2D eigenvalue weighted by Gasteiger charge is 2.27. The van der Waals surface area contributed by atoms with Crippen LogP contribution in [0.2, 0.25) is 0 Å². The molecule has 1 aromatic heterocycles. The Labute approximate surface area is 131 Å². The fraction of sp³-hybridized carbons (Fsp3) is 0.688. The fourth-order valence-electron chi connectivity index (χ4n) is 1.67. The molecular formula is C16H26O2S2. The Hall–Kier alpha value is -0.320. The van der Waals surface area contributed by atoms with Crippen LogP contribution in [0.5, 0.6) is 0 Å². The van der Waals surface area contributed by atoms with Crippen LogP contribution in [0, 0.1) is 5.41 Å². The largest absolute Gasteiger partial charge is 0.371 e. The van der Waals surface area contributed by atoms with Gasteiger partial charge in [-0.1, -0.05) is 26.8 Å². The highest BCUT2D eigenvalue weighted by atomic mass is 32.2. The Morgan fingerprint density at radius 1 is 1.30 bits per heavy atom. The van der Waals surface area contributed by atoms with E-state index in [9.17, 15) is 4.79 Å². The van der Waals surface area contributed by atoms with Gasteiger partial charge in [0, 0.05) is 17.6 Å². The van der Waals surface area contributed by atoms with Gasteiger partial charge in [-0.15, -0.1) is 23.1 Å². The average Bonchev–Trinajstić information content (AvgIpc) is 2.75. The van der Waals surface area contributed by atoms with E-state index in [4.69, 9.17) is 4.74 Å². The third-order valence-corrected chi connectivity index (χ3v) is 4.94. The summed E-state index contributed by atoms with van der Waals surface area (Å²) < 4.78 is 7.34. The molecule has 0 N–H and O–H groups in total. The molecule has 20 heavy (non-hydrogen) atoms. The lowest BCUT2D eigenvalue weighted by Crippen LogP contribution is -2.33. The lowest BCUT2D eigenvalue weighted by molar-refractivity contribution is -0.131. The first-order valence-corrected chi connectivity index (χ1v) is 8.82. The molecule has 1 heterocycles. The average molecular weight is 315 g/mol. The van der Waals surface area contributed by atoms with Crippen molar-refractivity contribution in [3.8, 4) is 0 Å². The maximum absolute atomic E-state index is 12.2. The first-order chi connectivity index (χ1) is 9.08. The van der Waals surface area contributed by atoms with E-state index in [2.05, 4.69) is 11.4 Å². The normalized spacial score (nSPS) is 14.3. The van der Waals surface area contributed by atoms with Crippen LogP contribution in [-0.2, 0) is 9.53 Å². The minimum atomic E-state index is -0.299. The van der Waals surface area contributed by atoms with Crippen LogP contribution in [0.3, 0.4) is 0 Å². The van der Waals surface area contributed by atoms with Crippen LogP contribution in [0.15, 0.2) is 21.7 Å². The van der Waals surface area contributed by atoms with E-state index in [0.29, 0.717) is 6.42 Å². The Bertz CT molecular complexity index is 411. The van der Waals surface area contributed by atoms with Gasteiger partial charge in [0.1, 0.15) is 5.78 Å². The second-order valence-corrected chi connectivity index (χ2v) is 9.24. The van der Waals surface area contributed by atoms with Crippen molar-refractivity contribution in [2.24, 2.45) is 5.41 Å². The lowest BCUT2D eigenvalue weighted by Gasteiger charge is -2.29. The van der Waals surface area contributed by atoms with Gasteiger partial charge >= 0.3 is 0 Å². The molecule has 1 unspecified atom stereocenters. The highest BCUT2D eigenvalue weighted by Crippen LogP contribution is 2.28. The Morgan fingerprint density at radius 3 is 2.40 bits per heavy atom. The van der Waals surface area contributed by atoms with Gasteiger partial charge in [0.05, 0.1) is 15.9 Å². The molecular weight excluding hydrogens is 288 g/mol. The molecule has 1 rings (SSSR count). The predicted molar refractivity (Wildman–Crippen MR) is 88.7 cm³/mol. The number of carbonyl (C=O) groups is 1. The van der Waals surface area contributed by atoms with Gasteiger partial charge < -0.3 is 4.74 Å². The molecule has 0 aromatic carbocycles. The van der Waals surface area contributed by atoms with Crippen molar-refractivity contribution in [3.63, 3.8) is 0 Å². The summed E-state index contributed by atoms with van der Waals surface area (Å²) in [4.78, 5) is 12.2. The van der Waals surface area contributed by atoms with Crippen molar-refractivity contribution in [3.05, 3.63) is 17.5 Å². The minimum absolute atomic E-state index is 0.0335. The maximum Gasteiger partial charge on any atom is 0.140 e. The molecule has 0 radical (unpaired) electrons. The Balaban J connectivity index is 2.62. The topological polar surface area (TPSA) is 26.3 Å². The van der Waals surface area contributed by atoms with Crippen LogP contribution in [0.4, 0.5) is 0 Å². The van der Waals surface area contributed by atoms with E-state index in [1.807, 2.05) is 47.6 Å². The highest BCUT2D eigenvalue weighted by molar-refractivity contribution is 8.01. The Morgan fingerprint density at radius 2 is 1.95 bits per heavy atom. The van der Waals surface area contributed by atoms with E-state index >= 15 is 0 Å². The number of ether oxygens (including phenoxy) is 1. The lowest BCUT2D eigenvalue weighted by atomic mass is 9.88. The summed E-state index contributed by atoms with van der Waals surface area (Å²) in [6.07, 6.45) is 0.452. The fourth-order valence-corrected chi connectivity index (χ4v) is 3.47. The summed E-state index contributed by atoms with van der Waals surface area (Å²) in [5.41, 5.74) is -0.522. The molecule has 0 spiro atoms. The zero-order chi connectivity index (χ0) is 15.4. The van der Waals surface area contributed by atoms with Crippen molar-refractivity contribution in [2.75, 3.05) is 5.75 Å². The van der Waals surface area contributed by atoms with Crippen molar-refractivity contribution in [1.29, 1.82) is 0 Å². The predicted octanol–water partition coefficient (Wildman–Crippen LogP) is 5.03. The van der Waals surface area contributed by atoms with E-state index in [-0.39, 0.29) is 22.9 Å². The van der Waals surface area contributed by atoms with E-state index in [1.54, 1.807) is 23.1 Å². The van der Waals surface area contributed by atoms with Crippen molar-refractivity contribution >= 4 is 28.9 Å². The summed E-state index contributed by atoms with van der Waals surface area (Å²) in [5.74, 6) is 1.08. The molecule has 0 aliphatic rings. The molecule has 0 amide bonds. The molecule has 0 saturated carbocycles. The number of hydrogen-bond donors (Lipinski definition) is 0. The Kier molecular flexibility index (Phi) is 6.29. The number of ketones is 1. The summed E-state index contributed by atoms with van der Waals surface area (Å²) in [6, 6.07) is 4.15. The molecule has 2 nitrogen and oxygen atoms in total. The maximum atomic E-state index is 12.2. The second-order valence-electron chi connectivity index (χ2n) is 6.97. The van der Waals surface area contributed by atoms with Gasteiger partial charge in [0.2, 0.25) is 0 Å². The summed E-state index contributed by atoms with van der Waals surface area (Å²) >= 11 is 3.50. The third-order valence-electron chi connectivity index (χ3n) is 2.68. The summed E-state index contributed by atoms with van der Waals surface area (Å²) in [7, 11) is 0. The van der Waals surface area contributed by atoms with Crippen LogP contribution < -0.4 is 0 Å². The monoisotopic (exact) mass is 314 g/mol. The number of Topliss-reactive ketones (excluding diaryl/α,β-unsaturated/α-hetero) is 1. The van der Waals surface area contributed by atoms with Gasteiger partial charge in [-0.3, -0.25) is 4.79 Å². The number of rotatable bonds is 6. The van der Waals surface area contributed by atoms with Gasteiger partial charge in [-0.05, 0) is 32.2 Å². The molecule has 0 bridgehead atoms. The molecule has 114 valence electrons. The summed E-state index contributed by atoms with van der Waals surface area (Å²) in [5, 5.41) is 2.07. The van der Waals surface area contributed by atoms with Gasteiger partial charge in [0.25, 0.3) is 0 Å². The van der Waals surface area contributed by atoms with Gasteiger partial charge in [0.15, 0.2) is 0 Å². The van der Waals surface area contributed by atoms with Crippen molar-refractivity contribution < 1.29 is 9.53 Å². The summed E-state index contributed by atoms with van der Waals surface area (Å²) in [6.45, 7) is 12.0. The zero-order valence-electron chi connectivity index (χ0n) is 13.4. The third kappa shape index (κ3) is 6.91. The smallest absolute Gasteiger partial charge is 0.140 e. The molecule has 0 aliphatic heterocycles. The molecule has 0 fully saturated rings. The quantitative estimate of drug-likeness (QED) is 0.689. The van der Waals surface area contributed by atoms with E-state index in [1.165, 1.54) is 4.21 Å². The van der Waals surface area contributed by atoms with E-state index < -0.39 is 0 Å². The van der Waals surface area contributed by atoms with Gasteiger partial charge in [-0.25, -0.2) is 0 Å². The van der Waals surface area contributed by atoms with Crippen molar-refractivity contribution in [1.82, 2.24) is 0 Å². The van der Waals surface area contributed by atoms with Crippen LogP contribution in [0.25, 0.3) is 0 Å². The first-order valence-electron chi connectivity index (χ1n) is 6.95.